The Kier molecular flexibility index (Phi) is 3.46. The zero-order valence-corrected chi connectivity index (χ0v) is 12.6. The summed E-state index contributed by atoms with van der Waals surface area (Å²) in [4.78, 5) is 17.6. The largest absolute Gasteiger partial charge is 0.321 e. The van der Waals surface area contributed by atoms with Gasteiger partial charge in [-0.2, -0.15) is 9.90 Å². The predicted molar refractivity (Wildman–Crippen MR) is 82.0 cm³/mol. The number of hydrogen-bond acceptors (Lipinski definition) is 4. The van der Waals surface area contributed by atoms with Crippen molar-refractivity contribution in [3.8, 4) is 5.69 Å². The quantitative estimate of drug-likeness (QED) is 0.800. The smallest absolute Gasteiger partial charge is 0.277 e. The lowest BCUT2D eigenvalue weighted by Crippen LogP contribution is -2.13. The van der Waals surface area contributed by atoms with Crippen molar-refractivity contribution in [2.24, 2.45) is 7.05 Å². The molecule has 0 aliphatic heterocycles. The molecule has 1 N–H and O–H groups in total. The van der Waals surface area contributed by atoms with Gasteiger partial charge in [0.1, 0.15) is 0 Å². The molecule has 1 aromatic carbocycles. The van der Waals surface area contributed by atoms with Crippen molar-refractivity contribution in [2.75, 3.05) is 5.32 Å². The van der Waals surface area contributed by atoms with Crippen molar-refractivity contribution in [1.82, 2.24) is 24.5 Å². The number of nitrogens with one attached hydrogen (secondary N) is 1. The van der Waals surface area contributed by atoms with Gasteiger partial charge in [0, 0.05) is 24.1 Å². The van der Waals surface area contributed by atoms with Crippen LogP contribution in [0.5, 0.6) is 0 Å². The van der Waals surface area contributed by atoms with Crippen molar-refractivity contribution in [3.63, 3.8) is 0 Å². The molecule has 1 amide bonds. The molecular formula is C15H16N6O. The highest BCUT2D eigenvalue weighted by molar-refractivity contribution is 6.02. The number of carbonyl (C=O) groups excluding carboxylic acids is 1. The second-order valence-corrected chi connectivity index (χ2v) is 5.01. The van der Waals surface area contributed by atoms with E-state index >= 15 is 0 Å². The van der Waals surface area contributed by atoms with E-state index in [9.17, 15) is 4.79 Å². The van der Waals surface area contributed by atoms with Gasteiger partial charge < -0.3 is 9.88 Å². The van der Waals surface area contributed by atoms with Crippen LogP contribution in [-0.4, -0.2) is 30.5 Å². The standard InChI is InChI=1S/C15H16N6O/c1-10-11(2)21(9-16-10)13-6-4-12(5-7-13)18-15(22)14-8-17-20(3)19-14/h4-9H,1-3H3,(H,18,22). The maximum Gasteiger partial charge on any atom is 0.277 e. The summed E-state index contributed by atoms with van der Waals surface area (Å²) in [7, 11) is 1.67. The molecule has 0 spiro atoms. The molecule has 22 heavy (non-hydrogen) atoms. The monoisotopic (exact) mass is 296 g/mol. The second kappa shape index (κ2) is 5.44. The van der Waals surface area contributed by atoms with Crippen molar-refractivity contribution < 1.29 is 4.79 Å². The summed E-state index contributed by atoms with van der Waals surface area (Å²) < 4.78 is 2.00. The Morgan fingerprint density at radius 1 is 1.18 bits per heavy atom. The third-order valence-electron chi connectivity index (χ3n) is 3.49. The molecule has 0 aliphatic rings. The average Bonchev–Trinajstić information content (AvgIpc) is 3.08. The summed E-state index contributed by atoms with van der Waals surface area (Å²) in [6.07, 6.45) is 3.22. The Morgan fingerprint density at radius 3 is 2.45 bits per heavy atom. The van der Waals surface area contributed by atoms with Gasteiger partial charge in [0.2, 0.25) is 0 Å². The van der Waals surface area contributed by atoms with Gasteiger partial charge in [0.25, 0.3) is 5.91 Å². The van der Waals surface area contributed by atoms with Crippen molar-refractivity contribution in [1.29, 1.82) is 0 Å². The summed E-state index contributed by atoms with van der Waals surface area (Å²) in [5, 5.41) is 10.6. The van der Waals surface area contributed by atoms with Gasteiger partial charge in [-0.25, -0.2) is 4.98 Å². The van der Waals surface area contributed by atoms with Crippen LogP contribution in [0.2, 0.25) is 0 Å². The Bertz CT molecular complexity index is 815. The number of anilines is 1. The first-order chi connectivity index (χ1) is 10.5. The molecule has 0 unspecified atom stereocenters. The van der Waals surface area contributed by atoms with Crippen LogP contribution in [0.3, 0.4) is 0 Å². The minimum atomic E-state index is -0.282. The lowest BCUT2D eigenvalue weighted by atomic mass is 10.2. The topological polar surface area (TPSA) is 77.6 Å². The van der Waals surface area contributed by atoms with Crippen molar-refractivity contribution in [2.45, 2.75) is 13.8 Å². The van der Waals surface area contributed by atoms with Crippen LogP contribution in [0.15, 0.2) is 36.8 Å². The highest BCUT2D eigenvalue weighted by Gasteiger charge is 2.10. The number of imidazole rings is 1. The molecule has 2 heterocycles. The molecule has 3 rings (SSSR count). The summed E-state index contributed by atoms with van der Waals surface area (Å²) in [6.45, 7) is 3.99. The Labute approximate surface area is 127 Å². The van der Waals surface area contributed by atoms with E-state index in [4.69, 9.17) is 0 Å². The third kappa shape index (κ3) is 2.60. The molecule has 0 aliphatic carbocycles. The van der Waals surface area contributed by atoms with E-state index in [-0.39, 0.29) is 11.6 Å². The first kappa shape index (κ1) is 14.0. The molecule has 0 atom stereocenters. The lowest BCUT2D eigenvalue weighted by Gasteiger charge is -2.07. The van der Waals surface area contributed by atoms with E-state index in [0.717, 1.165) is 17.1 Å². The van der Waals surface area contributed by atoms with E-state index in [1.165, 1.54) is 11.0 Å². The predicted octanol–water partition coefficient (Wildman–Crippen LogP) is 1.87. The number of aromatic nitrogens is 5. The number of aryl methyl sites for hydroxylation is 2. The molecule has 0 bridgehead atoms. The maximum atomic E-state index is 12.0. The number of nitrogens with zero attached hydrogens (tertiary/aromatic N) is 5. The Hall–Kier alpha value is -2.96. The van der Waals surface area contributed by atoms with Crippen LogP contribution in [-0.2, 0) is 7.05 Å². The summed E-state index contributed by atoms with van der Waals surface area (Å²) >= 11 is 0. The molecule has 2 aromatic heterocycles. The lowest BCUT2D eigenvalue weighted by molar-refractivity contribution is 0.102. The summed E-state index contributed by atoms with van der Waals surface area (Å²) in [5.74, 6) is -0.282. The Morgan fingerprint density at radius 2 is 1.91 bits per heavy atom. The van der Waals surface area contributed by atoms with Crippen LogP contribution in [0.1, 0.15) is 21.9 Å². The normalized spacial score (nSPS) is 10.7. The van der Waals surface area contributed by atoms with Crippen LogP contribution in [0.25, 0.3) is 5.69 Å². The van der Waals surface area contributed by atoms with Crippen LogP contribution >= 0.6 is 0 Å². The number of amides is 1. The highest BCUT2D eigenvalue weighted by Crippen LogP contribution is 2.17. The van der Waals surface area contributed by atoms with Crippen molar-refractivity contribution in [3.05, 3.63) is 53.9 Å². The summed E-state index contributed by atoms with van der Waals surface area (Å²) in [5.41, 5.74) is 4.08. The molecular weight excluding hydrogens is 280 g/mol. The maximum absolute atomic E-state index is 12.0. The molecule has 3 aromatic rings. The van der Waals surface area contributed by atoms with Gasteiger partial charge in [0.15, 0.2) is 5.69 Å². The van der Waals surface area contributed by atoms with Gasteiger partial charge >= 0.3 is 0 Å². The zero-order valence-electron chi connectivity index (χ0n) is 12.6. The summed E-state index contributed by atoms with van der Waals surface area (Å²) in [6, 6.07) is 7.55. The fourth-order valence-corrected chi connectivity index (χ4v) is 2.11. The SMILES string of the molecule is Cc1ncn(-c2ccc(NC(=O)c3cnn(C)n3)cc2)c1C. The molecule has 0 fully saturated rings. The van der Waals surface area contributed by atoms with E-state index < -0.39 is 0 Å². The molecule has 7 heteroatoms. The van der Waals surface area contributed by atoms with Gasteiger partial charge in [-0.3, -0.25) is 4.79 Å². The molecule has 112 valence electrons. The minimum Gasteiger partial charge on any atom is -0.321 e. The first-order valence-corrected chi connectivity index (χ1v) is 6.83. The van der Waals surface area contributed by atoms with E-state index in [1.807, 2.05) is 42.7 Å². The number of carbonyl (C=O) groups is 1. The number of benzene rings is 1. The zero-order chi connectivity index (χ0) is 15.7. The molecule has 0 radical (unpaired) electrons. The van der Waals surface area contributed by atoms with Crippen LogP contribution < -0.4 is 5.32 Å². The molecule has 0 saturated carbocycles. The number of rotatable bonds is 3. The van der Waals surface area contributed by atoms with E-state index in [2.05, 4.69) is 20.5 Å². The number of hydrogen-bond donors (Lipinski definition) is 1. The minimum absolute atomic E-state index is 0.282. The van der Waals surface area contributed by atoms with Crippen molar-refractivity contribution >= 4 is 11.6 Å². The van der Waals surface area contributed by atoms with Gasteiger partial charge in [-0.15, -0.1) is 5.10 Å². The highest BCUT2D eigenvalue weighted by atomic mass is 16.2. The Balaban J connectivity index is 1.77. The van der Waals surface area contributed by atoms with Crippen LogP contribution in [0.4, 0.5) is 5.69 Å². The fourth-order valence-electron chi connectivity index (χ4n) is 2.11. The molecule has 7 nitrogen and oxygen atoms in total. The van der Waals surface area contributed by atoms with Gasteiger partial charge in [-0.1, -0.05) is 0 Å². The average molecular weight is 296 g/mol. The van der Waals surface area contributed by atoms with E-state index in [0.29, 0.717) is 5.69 Å². The molecule has 0 saturated heterocycles. The fraction of sp³-hybridized carbons (Fsp3) is 0.200. The van der Waals surface area contributed by atoms with Crippen LogP contribution in [0, 0.1) is 13.8 Å². The van der Waals surface area contributed by atoms with Gasteiger partial charge in [-0.05, 0) is 38.1 Å². The first-order valence-electron chi connectivity index (χ1n) is 6.83. The van der Waals surface area contributed by atoms with E-state index in [1.54, 1.807) is 13.4 Å². The second-order valence-electron chi connectivity index (χ2n) is 5.01. The van der Waals surface area contributed by atoms with Gasteiger partial charge in [0.05, 0.1) is 18.2 Å². The third-order valence-corrected chi connectivity index (χ3v) is 3.49.